The van der Waals surface area contributed by atoms with Gasteiger partial charge in [-0.2, -0.15) is 0 Å². The fraction of sp³-hybridized carbons (Fsp3) is 0.250. The van der Waals surface area contributed by atoms with Crippen molar-refractivity contribution in [1.29, 1.82) is 0 Å². The van der Waals surface area contributed by atoms with Gasteiger partial charge in [-0.15, -0.1) is 0 Å². The van der Waals surface area contributed by atoms with Gasteiger partial charge >= 0.3 is 0 Å². The van der Waals surface area contributed by atoms with Gasteiger partial charge in [0.2, 0.25) is 0 Å². The van der Waals surface area contributed by atoms with Gasteiger partial charge in [-0.25, -0.2) is 0 Å². The summed E-state index contributed by atoms with van der Waals surface area (Å²) in [6, 6.07) is 3.08. The predicted molar refractivity (Wildman–Crippen MR) is 44.8 cm³/mol. The first-order valence-electron chi connectivity index (χ1n) is 3.74. The van der Waals surface area contributed by atoms with Crippen molar-refractivity contribution in [2.24, 2.45) is 0 Å². The van der Waals surface area contributed by atoms with Gasteiger partial charge in [0, 0.05) is 18.0 Å². The van der Waals surface area contributed by atoms with Crippen LogP contribution in [0.25, 0.3) is 0 Å². The molecule has 70 valence electrons. The molecular weight excluding hydrogens is 172 g/mol. The average Bonchev–Trinajstić information content (AvgIpc) is 2.15. The molecule has 0 aromatic carbocycles. The maximum atomic E-state index is 11.2. The van der Waals surface area contributed by atoms with Crippen LogP contribution in [-0.4, -0.2) is 33.9 Å². The Morgan fingerprint density at radius 1 is 1.46 bits per heavy atom. The molecule has 0 spiro atoms. The van der Waals surface area contributed by atoms with Crippen molar-refractivity contribution in [3.05, 3.63) is 30.1 Å². The van der Waals surface area contributed by atoms with Crippen LogP contribution < -0.4 is 5.32 Å². The molecule has 0 aliphatic rings. The molecule has 0 bridgehead atoms. The van der Waals surface area contributed by atoms with Crippen molar-refractivity contribution >= 4 is 5.91 Å². The van der Waals surface area contributed by atoms with Crippen molar-refractivity contribution in [1.82, 2.24) is 10.3 Å². The Hall–Kier alpha value is -1.46. The Kier molecular flexibility index (Phi) is 3.36. The monoisotopic (exact) mass is 182 g/mol. The van der Waals surface area contributed by atoms with E-state index in [-0.39, 0.29) is 12.5 Å². The van der Waals surface area contributed by atoms with Crippen LogP contribution in [0.15, 0.2) is 24.5 Å². The van der Waals surface area contributed by atoms with Crippen molar-refractivity contribution < 1.29 is 15.0 Å². The molecule has 3 N–H and O–H groups in total. The van der Waals surface area contributed by atoms with Gasteiger partial charge in [0.1, 0.15) is 0 Å². The largest absolute Gasteiger partial charge is 0.367 e. The first-order valence-corrected chi connectivity index (χ1v) is 3.74. The lowest BCUT2D eigenvalue weighted by atomic mass is 10.2. The lowest BCUT2D eigenvalue weighted by molar-refractivity contribution is -0.0361. The molecule has 0 aliphatic carbocycles. The predicted octanol–water partition coefficient (Wildman–Crippen LogP) is -0.878. The van der Waals surface area contributed by atoms with Gasteiger partial charge in [0.15, 0.2) is 6.29 Å². The van der Waals surface area contributed by atoms with E-state index in [0.717, 1.165) is 0 Å². The van der Waals surface area contributed by atoms with Crippen LogP contribution in [-0.2, 0) is 0 Å². The van der Waals surface area contributed by atoms with E-state index in [1.807, 2.05) is 0 Å². The van der Waals surface area contributed by atoms with Gasteiger partial charge in [0.05, 0.1) is 6.54 Å². The summed E-state index contributed by atoms with van der Waals surface area (Å²) in [6.45, 7) is -0.179. The summed E-state index contributed by atoms with van der Waals surface area (Å²) < 4.78 is 0. The number of hydrogen-bond donors (Lipinski definition) is 3. The Balaban J connectivity index is 2.50. The highest BCUT2D eigenvalue weighted by Gasteiger charge is 2.05. The van der Waals surface area contributed by atoms with Gasteiger partial charge in [-0.05, 0) is 12.1 Å². The summed E-state index contributed by atoms with van der Waals surface area (Å²) in [7, 11) is 0. The third-order valence-corrected chi connectivity index (χ3v) is 1.39. The average molecular weight is 182 g/mol. The van der Waals surface area contributed by atoms with Gasteiger partial charge in [0.25, 0.3) is 5.91 Å². The first kappa shape index (κ1) is 9.63. The summed E-state index contributed by atoms with van der Waals surface area (Å²) in [6.07, 6.45) is 1.46. The second-order valence-corrected chi connectivity index (χ2v) is 2.43. The number of hydrogen-bond acceptors (Lipinski definition) is 4. The highest BCUT2D eigenvalue weighted by Crippen LogP contribution is 1.94. The number of pyridine rings is 1. The molecule has 1 heterocycles. The quantitative estimate of drug-likeness (QED) is 0.530. The van der Waals surface area contributed by atoms with Crippen LogP contribution in [0.1, 0.15) is 10.4 Å². The molecule has 0 fully saturated rings. The molecule has 5 heteroatoms. The van der Waals surface area contributed by atoms with Gasteiger partial charge in [-0.3, -0.25) is 9.78 Å². The highest BCUT2D eigenvalue weighted by atomic mass is 16.5. The van der Waals surface area contributed by atoms with Crippen LogP contribution in [0.5, 0.6) is 0 Å². The lowest BCUT2D eigenvalue weighted by Crippen LogP contribution is -2.31. The molecule has 13 heavy (non-hydrogen) atoms. The molecule has 0 radical (unpaired) electrons. The SMILES string of the molecule is O=C(NCC(O)O)c1ccncc1. The number of amides is 1. The standard InChI is InChI=1S/C8H10N2O3/c11-7(12)5-10-8(13)6-1-3-9-4-2-6/h1-4,7,11-12H,5H2,(H,10,13). The summed E-state index contributed by atoms with van der Waals surface area (Å²) in [5, 5.41) is 19.3. The molecule has 0 saturated carbocycles. The molecule has 5 nitrogen and oxygen atoms in total. The number of nitrogens with one attached hydrogen (secondary N) is 1. The molecule has 0 atom stereocenters. The van der Waals surface area contributed by atoms with E-state index in [1.54, 1.807) is 12.1 Å². The zero-order valence-electron chi connectivity index (χ0n) is 6.84. The van der Waals surface area contributed by atoms with Crippen LogP contribution in [0, 0.1) is 0 Å². The first-order chi connectivity index (χ1) is 6.20. The molecular formula is C8H10N2O3. The van der Waals surface area contributed by atoms with E-state index < -0.39 is 6.29 Å². The molecule has 1 rings (SSSR count). The van der Waals surface area contributed by atoms with Crippen LogP contribution in [0.4, 0.5) is 0 Å². The van der Waals surface area contributed by atoms with Crippen LogP contribution >= 0.6 is 0 Å². The van der Waals surface area contributed by atoms with Crippen molar-refractivity contribution in [2.75, 3.05) is 6.54 Å². The van der Waals surface area contributed by atoms with Crippen molar-refractivity contribution in [3.8, 4) is 0 Å². The number of aliphatic hydroxyl groups excluding tert-OH is 1. The number of carbonyl (C=O) groups is 1. The number of carbonyl (C=O) groups excluding carboxylic acids is 1. The fourth-order valence-corrected chi connectivity index (χ4v) is 0.789. The van der Waals surface area contributed by atoms with E-state index in [1.165, 1.54) is 12.4 Å². The molecule has 0 aliphatic heterocycles. The summed E-state index contributed by atoms with van der Waals surface area (Å²) >= 11 is 0. The van der Waals surface area contributed by atoms with Crippen molar-refractivity contribution in [2.45, 2.75) is 6.29 Å². The molecule has 1 aromatic heterocycles. The highest BCUT2D eigenvalue weighted by molar-refractivity contribution is 5.93. The minimum Gasteiger partial charge on any atom is -0.367 e. The second-order valence-electron chi connectivity index (χ2n) is 2.43. The van der Waals surface area contributed by atoms with E-state index in [2.05, 4.69) is 10.3 Å². The van der Waals surface area contributed by atoms with Crippen molar-refractivity contribution in [3.63, 3.8) is 0 Å². The Morgan fingerprint density at radius 3 is 2.62 bits per heavy atom. The zero-order chi connectivity index (χ0) is 9.68. The van der Waals surface area contributed by atoms with E-state index in [9.17, 15) is 4.79 Å². The molecule has 0 unspecified atom stereocenters. The molecule has 0 saturated heterocycles. The minimum atomic E-state index is -1.52. The second kappa shape index (κ2) is 4.54. The normalized spacial score (nSPS) is 10.1. The van der Waals surface area contributed by atoms with E-state index in [0.29, 0.717) is 5.56 Å². The van der Waals surface area contributed by atoms with E-state index in [4.69, 9.17) is 10.2 Å². The van der Waals surface area contributed by atoms with E-state index >= 15 is 0 Å². The Bertz CT molecular complexity index is 274. The number of aromatic nitrogens is 1. The minimum absolute atomic E-state index is 0.179. The summed E-state index contributed by atoms with van der Waals surface area (Å²) in [4.78, 5) is 14.9. The Morgan fingerprint density at radius 2 is 2.08 bits per heavy atom. The fourth-order valence-electron chi connectivity index (χ4n) is 0.789. The summed E-state index contributed by atoms with van der Waals surface area (Å²) in [5.41, 5.74) is 0.440. The van der Waals surface area contributed by atoms with Gasteiger partial charge in [-0.1, -0.05) is 0 Å². The zero-order valence-corrected chi connectivity index (χ0v) is 6.84. The smallest absolute Gasteiger partial charge is 0.251 e. The topological polar surface area (TPSA) is 82.5 Å². The maximum Gasteiger partial charge on any atom is 0.251 e. The third-order valence-electron chi connectivity index (χ3n) is 1.39. The van der Waals surface area contributed by atoms with Gasteiger partial charge < -0.3 is 15.5 Å². The third kappa shape index (κ3) is 3.18. The molecule has 1 amide bonds. The number of nitrogens with zero attached hydrogens (tertiary/aromatic N) is 1. The molecule has 1 aromatic rings. The van der Waals surface area contributed by atoms with Crippen LogP contribution in [0.3, 0.4) is 0 Å². The number of rotatable bonds is 3. The van der Waals surface area contributed by atoms with Crippen LogP contribution in [0.2, 0.25) is 0 Å². The Labute approximate surface area is 75.0 Å². The lowest BCUT2D eigenvalue weighted by Gasteiger charge is -2.05. The summed E-state index contributed by atoms with van der Waals surface area (Å²) in [5.74, 6) is -0.351. The maximum absolute atomic E-state index is 11.2. The number of aliphatic hydroxyl groups is 2.